The highest BCUT2D eigenvalue weighted by atomic mass is 35.5. The van der Waals surface area contributed by atoms with Crippen LogP contribution in [0.4, 0.5) is 5.69 Å². The predicted octanol–water partition coefficient (Wildman–Crippen LogP) is 1.05. The average molecular weight is 362 g/mol. The Morgan fingerprint density at radius 3 is 2.76 bits per heavy atom. The van der Waals surface area contributed by atoms with Crippen LogP contribution in [0.3, 0.4) is 0 Å². The smallest absolute Gasteiger partial charge is 0.291 e. The molecule has 25 heavy (non-hydrogen) atoms. The van der Waals surface area contributed by atoms with Crippen molar-refractivity contribution in [1.29, 1.82) is 0 Å². The Morgan fingerprint density at radius 2 is 2.00 bits per heavy atom. The second-order valence-electron chi connectivity index (χ2n) is 5.95. The van der Waals surface area contributed by atoms with Gasteiger partial charge in [-0.25, -0.2) is 0 Å². The number of carbonyl (C=O) groups is 2. The number of rotatable bonds is 1. The van der Waals surface area contributed by atoms with Crippen LogP contribution in [-0.2, 0) is 16.1 Å². The lowest BCUT2D eigenvalue weighted by Gasteiger charge is -2.26. The Bertz CT molecular complexity index is 859. The van der Waals surface area contributed by atoms with Gasteiger partial charge in [0.1, 0.15) is 6.54 Å². The van der Waals surface area contributed by atoms with E-state index in [0.29, 0.717) is 48.4 Å². The van der Waals surface area contributed by atoms with E-state index in [1.165, 1.54) is 0 Å². The standard InChI is InChI=1S/C16H16ClN5O3/c1-20-12-3-2-10(17)8-11(12)14-18-19-15(22(14)9-13(20)23)16(24)21-4-6-25-7-5-21/h2-3,8H,4-7,9H2,1H3. The van der Waals surface area contributed by atoms with Gasteiger partial charge >= 0.3 is 0 Å². The summed E-state index contributed by atoms with van der Waals surface area (Å²) in [6.07, 6.45) is 0. The number of anilines is 1. The molecule has 4 rings (SSSR count). The summed E-state index contributed by atoms with van der Waals surface area (Å²) >= 11 is 6.12. The van der Waals surface area contributed by atoms with Crippen LogP contribution < -0.4 is 4.90 Å². The van der Waals surface area contributed by atoms with Crippen molar-refractivity contribution < 1.29 is 14.3 Å². The zero-order valence-corrected chi connectivity index (χ0v) is 14.4. The Labute approximate surface area is 148 Å². The molecule has 0 N–H and O–H groups in total. The molecule has 0 saturated carbocycles. The molecule has 0 bridgehead atoms. The van der Waals surface area contributed by atoms with Crippen LogP contribution in [0.2, 0.25) is 5.02 Å². The summed E-state index contributed by atoms with van der Waals surface area (Å²) < 4.78 is 6.85. The van der Waals surface area contributed by atoms with E-state index in [1.807, 2.05) is 0 Å². The number of benzene rings is 1. The minimum Gasteiger partial charge on any atom is -0.378 e. The third-order valence-corrected chi connectivity index (χ3v) is 4.70. The lowest BCUT2D eigenvalue weighted by molar-refractivity contribution is -0.118. The number of hydrogen-bond donors (Lipinski definition) is 0. The van der Waals surface area contributed by atoms with Crippen molar-refractivity contribution in [2.45, 2.75) is 6.54 Å². The summed E-state index contributed by atoms with van der Waals surface area (Å²) in [6, 6.07) is 5.22. The SMILES string of the molecule is CN1C(=O)Cn2c(C(=O)N3CCOCC3)nnc2-c2cc(Cl)ccc21. The fourth-order valence-corrected chi connectivity index (χ4v) is 3.25. The maximum Gasteiger partial charge on any atom is 0.291 e. The number of nitrogens with zero attached hydrogens (tertiary/aromatic N) is 5. The fourth-order valence-electron chi connectivity index (χ4n) is 3.07. The van der Waals surface area contributed by atoms with Gasteiger partial charge in [-0.05, 0) is 18.2 Å². The number of halogens is 1. The molecule has 0 radical (unpaired) electrons. The van der Waals surface area contributed by atoms with Gasteiger partial charge < -0.3 is 14.5 Å². The van der Waals surface area contributed by atoms with Crippen molar-refractivity contribution in [2.75, 3.05) is 38.3 Å². The van der Waals surface area contributed by atoms with E-state index in [1.54, 1.807) is 39.6 Å². The number of fused-ring (bicyclic) bond motifs is 3. The van der Waals surface area contributed by atoms with Crippen molar-refractivity contribution in [3.8, 4) is 11.4 Å². The topological polar surface area (TPSA) is 80.6 Å². The molecule has 2 amide bonds. The number of hydrogen-bond acceptors (Lipinski definition) is 5. The zero-order chi connectivity index (χ0) is 17.6. The fraction of sp³-hybridized carbons (Fsp3) is 0.375. The zero-order valence-electron chi connectivity index (χ0n) is 13.6. The van der Waals surface area contributed by atoms with Gasteiger partial charge in [0.25, 0.3) is 5.91 Å². The van der Waals surface area contributed by atoms with E-state index in [2.05, 4.69) is 10.2 Å². The summed E-state index contributed by atoms with van der Waals surface area (Å²) in [7, 11) is 1.69. The molecular formula is C16H16ClN5O3. The quantitative estimate of drug-likeness (QED) is 0.758. The number of carbonyl (C=O) groups excluding carboxylic acids is 2. The molecule has 2 aliphatic heterocycles. The van der Waals surface area contributed by atoms with E-state index in [9.17, 15) is 9.59 Å². The Hall–Kier alpha value is -2.45. The lowest BCUT2D eigenvalue weighted by atomic mass is 10.1. The monoisotopic (exact) mass is 361 g/mol. The Kier molecular flexibility index (Phi) is 3.93. The summed E-state index contributed by atoms with van der Waals surface area (Å²) in [4.78, 5) is 28.6. The highest BCUT2D eigenvalue weighted by Gasteiger charge is 2.31. The van der Waals surface area contributed by atoms with Gasteiger partial charge in [0, 0.05) is 30.7 Å². The average Bonchev–Trinajstić information content (AvgIpc) is 3.00. The van der Waals surface area contributed by atoms with E-state index < -0.39 is 0 Å². The van der Waals surface area contributed by atoms with Crippen molar-refractivity contribution >= 4 is 29.1 Å². The first-order valence-corrected chi connectivity index (χ1v) is 8.31. The molecule has 0 aliphatic carbocycles. The number of likely N-dealkylation sites (N-methyl/N-ethyl adjacent to an activating group) is 1. The van der Waals surface area contributed by atoms with E-state index >= 15 is 0 Å². The molecule has 130 valence electrons. The van der Waals surface area contributed by atoms with Gasteiger partial charge in [-0.3, -0.25) is 14.2 Å². The van der Waals surface area contributed by atoms with Crippen molar-refractivity contribution in [3.05, 3.63) is 29.0 Å². The first kappa shape index (κ1) is 16.0. The van der Waals surface area contributed by atoms with Crippen molar-refractivity contribution in [1.82, 2.24) is 19.7 Å². The highest BCUT2D eigenvalue weighted by molar-refractivity contribution is 6.31. The third-order valence-electron chi connectivity index (χ3n) is 4.47. The van der Waals surface area contributed by atoms with Crippen LogP contribution in [0.15, 0.2) is 18.2 Å². The molecule has 0 atom stereocenters. The molecular weight excluding hydrogens is 346 g/mol. The number of morpholine rings is 1. The molecule has 0 spiro atoms. The molecule has 9 heteroatoms. The normalized spacial score (nSPS) is 17.1. The summed E-state index contributed by atoms with van der Waals surface area (Å²) in [5.74, 6) is 0.222. The molecule has 1 saturated heterocycles. The first-order valence-electron chi connectivity index (χ1n) is 7.93. The minimum absolute atomic E-state index is 0.00343. The van der Waals surface area contributed by atoms with E-state index in [0.717, 1.165) is 0 Å². The molecule has 1 fully saturated rings. The molecule has 1 aromatic carbocycles. The summed E-state index contributed by atoms with van der Waals surface area (Å²) in [6.45, 7) is 1.98. The van der Waals surface area contributed by atoms with Gasteiger partial charge in [0.15, 0.2) is 5.82 Å². The van der Waals surface area contributed by atoms with Crippen LogP contribution in [0.5, 0.6) is 0 Å². The maximum atomic E-state index is 12.8. The summed E-state index contributed by atoms with van der Waals surface area (Å²) in [5, 5.41) is 8.78. The Morgan fingerprint density at radius 1 is 1.24 bits per heavy atom. The molecule has 8 nitrogen and oxygen atoms in total. The largest absolute Gasteiger partial charge is 0.378 e. The molecule has 2 aliphatic rings. The van der Waals surface area contributed by atoms with Crippen LogP contribution in [-0.4, -0.2) is 64.8 Å². The van der Waals surface area contributed by atoms with Crippen LogP contribution in [0, 0.1) is 0 Å². The highest BCUT2D eigenvalue weighted by Crippen LogP contribution is 2.34. The van der Waals surface area contributed by atoms with Gasteiger partial charge in [-0.2, -0.15) is 0 Å². The van der Waals surface area contributed by atoms with Crippen LogP contribution in [0.25, 0.3) is 11.4 Å². The van der Waals surface area contributed by atoms with Crippen molar-refractivity contribution in [2.24, 2.45) is 0 Å². The predicted molar refractivity (Wildman–Crippen MR) is 90.6 cm³/mol. The second kappa shape index (κ2) is 6.12. The lowest BCUT2D eigenvalue weighted by Crippen LogP contribution is -2.42. The molecule has 1 aromatic heterocycles. The molecule has 0 unspecified atom stereocenters. The van der Waals surface area contributed by atoms with Crippen LogP contribution in [0.1, 0.15) is 10.6 Å². The summed E-state index contributed by atoms with van der Waals surface area (Å²) in [5.41, 5.74) is 1.36. The third kappa shape index (κ3) is 2.67. The number of amides is 2. The molecule has 2 aromatic rings. The van der Waals surface area contributed by atoms with Crippen molar-refractivity contribution in [3.63, 3.8) is 0 Å². The van der Waals surface area contributed by atoms with Gasteiger partial charge in [-0.1, -0.05) is 11.6 Å². The number of ether oxygens (including phenoxy) is 1. The van der Waals surface area contributed by atoms with E-state index in [4.69, 9.17) is 16.3 Å². The maximum absolute atomic E-state index is 12.8. The van der Waals surface area contributed by atoms with E-state index in [-0.39, 0.29) is 24.2 Å². The number of aromatic nitrogens is 3. The van der Waals surface area contributed by atoms with Gasteiger partial charge in [-0.15, -0.1) is 10.2 Å². The van der Waals surface area contributed by atoms with Gasteiger partial charge in [0.05, 0.1) is 18.9 Å². The van der Waals surface area contributed by atoms with Crippen LogP contribution >= 0.6 is 11.6 Å². The Balaban J connectivity index is 1.81. The first-order chi connectivity index (χ1) is 12.1. The van der Waals surface area contributed by atoms with Gasteiger partial charge in [0.2, 0.25) is 11.7 Å². The minimum atomic E-state index is -0.247. The molecule has 3 heterocycles. The second-order valence-corrected chi connectivity index (χ2v) is 6.39.